The number of likely N-dealkylation sites (tertiary alicyclic amines) is 1. The number of nitrogens with one attached hydrogen (secondary N) is 1. The van der Waals surface area contributed by atoms with Crippen LogP contribution in [0, 0.1) is 18.7 Å². The highest BCUT2D eigenvalue weighted by atomic mass is 32.2. The van der Waals surface area contributed by atoms with Crippen LogP contribution in [0.5, 0.6) is 11.5 Å². The van der Waals surface area contributed by atoms with E-state index in [9.17, 15) is 36.2 Å². The molecule has 252 valence electrons. The van der Waals surface area contributed by atoms with Crippen LogP contribution in [0.25, 0.3) is 0 Å². The van der Waals surface area contributed by atoms with E-state index in [1.54, 1.807) is 20.8 Å². The van der Waals surface area contributed by atoms with Crippen LogP contribution in [0.1, 0.15) is 55.2 Å². The number of carbonyl (C=O) groups excluding carboxylic acids is 3. The van der Waals surface area contributed by atoms with Gasteiger partial charge in [-0.3, -0.25) is 14.5 Å². The second kappa shape index (κ2) is 13.3. The van der Waals surface area contributed by atoms with Gasteiger partial charge in [0.15, 0.2) is 5.82 Å². The van der Waals surface area contributed by atoms with Gasteiger partial charge in [0.1, 0.15) is 28.7 Å². The standard InChI is InChI=1S/C31H31F5N4O6S/c1-17-22(13-14-24(32)37-17)45-23-12-11-20(31(34,35)36)26(33)25(23)28(42)38-18-8-6-9-19(16-18)47(5,44)39-27(41)21-10-7-15-40(21)29(43)46-30(2,3)4/h6,8-9,11-14,16,21H,7,10,15H2,1-5H3,(H,38,42)/t21-,47+/m0/s1. The van der Waals surface area contributed by atoms with Gasteiger partial charge in [-0.2, -0.15) is 21.9 Å². The number of nitrogens with zero attached hydrogens (tertiary/aromatic N) is 3. The zero-order chi connectivity index (χ0) is 34.9. The highest BCUT2D eigenvalue weighted by molar-refractivity contribution is 7.93. The molecule has 2 atom stereocenters. The summed E-state index contributed by atoms with van der Waals surface area (Å²) in [5.74, 6) is -5.74. The zero-order valence-electron chi connectivity index (χ0n) is 25.9. The van der Waals surface area contributed by atoms with E-state index >= 15 is 4.39 Å². The Morgan fingerprint density at radius 2 is 1.72 bits per heavy atom. The number of aryl methyl sites for hydroxylation is 1. The van der Waals surface area contributed by atoms with Gasteiger partial charge in [-0.1, -0.05) is 6.07 Å². The first-order valence-electron chi connectivity index (χ1n) is 14.1. The van der Waals surface area contributed by atoms with Crippen LogP contribution in [0.2, 0.25) is 0 Å². The molecule has 3 amide bonds. The number of alkyl halides is 3. The summed E-state index contributed by atoms with van der Waals surface area (Å²) in [5.41, 5.74) is -3.81. The fraction of sp³-hybridized carbons (Fsp3) is 0.355. The molecule has 1 aliphatic heterocycles. The Hall–Kier alpha value is -4.60. The summed E-state index contributed by atoms with van der Waals surface area (Å²) < 4.78 is 97.8. The zero-order valence-corrected chi connectivity index (χ0v) is 26.7. The number of rotatable bonds is 6. The quantitative estimate of drug-likeness (QED) is 0.217. The van der Waals surface area contributed by atoms with Crippen molar-refractivity contribution >= 4 is 33.3 Å². The number of halogens is 5. The van der Waals surface area contributed by atoms with E-state index < -0.39 is 74.1 Å². The lowest BCUT2D eigenvalue weighted by molar-refractivity contribution is -0.140. The minimum atomic E-state index is -5.16. The van der Waals surface area contributed by atoms with Crippen molar-refractivity contribution < 1.29 is 50.0 Å². The number of benzene rings is 2. The average Bonchev–Trinajstić information content (AvgIpc) is 3.44. The highest BCUT2D eigenvalue weighted by Crippen LogP contribution is 2.38. The van der Waals surface area contributed by atoms with Gasteiger partial charge < -0.3 is 14.8 Å². The fourth-order valence-corrected chi connectivity index (χ4v) is 5.92. The van der Waals surface area contributed by atoms with E-state index in [-0.39, 0.29) is 35.0 Å². The van der Waals surface area contributed by atoms with Crippen LogP contribution >= 0.6 is 0 Å². The van der Waals surface area contributed by atoms with Gasteiger partial charge in [0.05, 0.1) is 21.0 Å². The van der Waals surface area contributed by atoms with Gasteiger partial charge in [-0.05, 0) is 83.0 Å². The smallest absolute Gasteiger partial charge is 0.419 e. The van der Waals surface area contributed by atoms with Crippen molar-refractivity contribution in [1.82, 2.24) is 9.88 Å². The molecule has 10 nitrogen and oxygen atoms in total. The molecule has 4 rings (SSSR count). The average molecular weight is 683 g/mol. The number of amides is 3. The second-order valence-corrected chi connectivity index (χ2v) is 13.9. The van der Waals surface area contributed by atoms with Crippen molar-refractivity contribution in [1.29, 1.82) is 0 Å². The maximum absolute atomic E-state index is 15.3. The summed E-state index contributed by atoms with van der Waals surface area (Å²) in [6.45, 7) is 6.59. The molecule has 1 aliphatic rings. The lowest BCUT2D eigenvalue weighted by Crippen LogP contribution is -2.43. The first kappa shape index (κ1) is 35.3. The largest absolute Gasteiger partial charge is 0.455 e. The Morgan fingerprint density at radius 1 is 1.04 bits per heavy atom. The minimum absolute atomic E-state index is 0.0211. The monoisotopic (exact) mass is 682 g/mol. The van der Waals surface area contributed by atoms with E-state index in [0.29, 0.717) is 12.5 Å². The van der Waals surface area contributed by atoms with Gasteiger partial charge in [-0.15, -0.1) is 0 Å². The van der Waals surface area contributed by atoms with Crippen molar-refractivity contribution in [2.24, 2.45) is 4.36 Å². The molecule has 1 fully saturated rings. The minimum Gasteiger partial charge on any atom is -0.455 e. The second-order valence-electron chi connectivity index (χ2n) is 11.7. The summed E-state index contributed by atoms with van der Waals surface area (Å²) in [5, 5.41) is 2.27. The van der Waals surface area contributed by atoms with Crippen LogP contribution in [0.4, 0.5) is 32.4 Å². The lowest BCUT2D eigenvalue weighted by Gasteiger charge is -2.27. The molecule has 0 spiro atoms. The number of hydrogen-bond acceptors (Lipinski definition) is 7. The summed E-state index contributed by atoms with van der Waals surface area (Å²) in [4.78, 5) is 43.7. The van der Waals surface area contributed by atoms with Crippen molar-refractivity contribution in [3.63, 3.8) is 0 Å². The van der Waals surface area contributed by atoms with Gasteiger partial charge in [0.2, 0.25) is 5.95 Å². The number of carbonyl (C=O) groups is 3. The predicted octanol–water partition coefficient (Wildman–Crippen LogP) is 7.11. The SMILES string of the molecule is Cc1nc(F)ccc1Oc1ccc(C(F)(F)F)c(F)c1C(=O)Nc1cccc([S@@](C)(=O)=NC(=O)[C@@H]2CCCN2C(=O)OC(C)(C)C)c1. The third-order valence-electron chi connectivity index (χ3n) is 6.82. The number of hydrogen-bond donors (Lipinski definition) is 1. The number of pyridine rings is 1. The molecule has 1 saturated heterocycles. The Bertz CT molecular complexity index is 1850. The Morgan fingerprint density at radius 3 is 2.36 bits per heavy atom. The molecule has 3 aromatic rings. The molecule has 1 aromatic heterocycles. The fourth-order valence-electron chi connectivity index (χ4n) is 4.67. The topological polar surface area (TPSA) is 127 Å². The molecule has 0 radical (unpaired) electrons. The summed E-state index contributed by atoms with van der Waals surface area (Å²) in [6.07, 6.45) is -3.95. The predicted molar refractivity (Wildman–Crippen MR) is 161 cm³/mol. The van der Waals surface area contributed by atoms with Crippen LogP contribution in [0.15, 0.2) is 57.8 Å². The normalized spacial score (nSPS) is 16.3. The van der Waals surface area contributed by atoms with E-state index in [2.05, 4.69) is 14.7 Å². The van der Waals surface area contributed by atoms with Crippen molar-refractivity contribution in [3.8, 4) is 11.5 Å². The van der Waals surface area contributed by atoms with Gasteiger partial charge >= 0.3 is 12.3 Å². The number of anilines is 1. The van der Waals surface area contributed by atoms with E-state index in [4.69, 9.17) is 9.47 Å². The molecule has 47 heavy (non-hydrogen) atoms. The Balaban J connectivity index is 1.64. The maximum Gasteiger partial charge on any atom is 0.419 e. The first-order valence-corrected chi connectivity index (χ1v) is 16.1. The number of aromatic nitrogens is 1. The van der Waals surface area contributed by atoms with Gasteiger partial charge in [0.25, 0.3) is 11.8 Å². The molecule has 2 aromatic carbocycles. The molecule has 1 N–H and O–H groups in total. The van der Waals surface area contributed by atoms with E-state index in [0.717, 1.165) is 30.5 Å². The van der Waals surface area contributed by atoms with Crippen LogP contribution < -0.4 is 10.1 Å². The van der Waals surface area contributed by atoms with E-state index in [1.165, 1.54) is 30.0 Å². The Labute approximate surface area is 267 Å². The number of ether oxygens (including phenoxy) is 2. The van der Waals surface area contributed by atoms with Crippen molar-refractivity contribution in [3.05, 3.63) is 77.1 Å². The van der Waals surface area contributed by atoms with Gasteiger partial charge in [-0.25, -0.2) is 18.4 Å². The third-order valence-corrected chi connectivity index (χ3v) is 8.48. The van der Waals surface area contributed by atoms with Crippen molar-refractivity contribution in [2.75, 3.05) is 18.1 Å². The maximum atomic E-state index is 15.3. The molecule has 16 heteroatoms. The molecule has 0 saturated carbocycles. The highest BCUT2D eigenvalue weighted by Gasteiger charge is 2.38. The van der Waals surface area contributed by atoms with E-state index in [1.807, 2.05) is 0 Å². The molecule has 2 heterocycles. The van der Waals surface area contributed by atoms with Crippen LogP contribution in [-0.2, 0) is 25.4 Å². The summed E-state index contributed by atoms with van der Waals surface area (Å²) in [6, 6.07) is 7.30. The molecule has 0 aliphatic carbocycles. The van der Waals surface area contributed by atoms with Gasteiger partial charge in [0, 0.05) is 23.4 Å². The molecular formula is C31H31F5N4O6S. The lowest BCUT2D eigenvalue weighted by atomic mass is 10.1. The summed E-state index contributed by atoms with van der Waals surface area (Å²) in [7, 11) is -3.49. The third kappa shape index (κ3) is 8.41. The Kier molecular flexibility index (Phi) is 9.94. The molecule has 0 unspecified atom stereocenters. The van der Waals surface area contributed by atoms with Crippen LogP contribution in [0.3, 0.4) is 0 Å². The van der Waals surface area contributed by atoms with Crippen molar-refractivity contribution in [2.45, 2.75) is 63.3 Å². The summed E-state index contributed by atoms with van der Waals surface area (Å²) >= 11 is 0. The van der Waals surface area contributed by atoms with Crippen LogP contribution in [-0.4, -0.2) is 56.4 Å². The first-order chi connectivity index (χ1) is 21.8. The molecular weight excluding hydrogens is 651 g/mol. The molecule has 0 bridgehead atoms.